The molecule has 0 aliphatic carbocycles. The normalized spacial score (nSPS) is 8.17. The molecule has 36 valence electrons. The van der Waals surface area contributed by atoms with Crippen LogP contribution in [0, 0.1) is 0 Å². The molecule has 0 fully saturated rings. The van der Waals surface area contributed by atoms with E-state index in [4.69, 9.17) is 0 Å². The van der Waals surface area contributed by atoms with E-state index in [1.54, 1.807) is 0 Å². The lowest BCUT2D eigenvalue weighted by Crippen LogP contribution is -1.96. The third kappa shape index (κ3) is 4.13. The lowest BCUT2D eigenvalue weighted by molar-refractivity contribution is 0.941. The van der Waals surface area contributed by atoms with Crippen LogP contribution in [0.2, 0.25) is 0 Å². The van der Waals surface area contributed by atoms with Crippen molar-refractivity contribution in [2.45, 2.75) is 6.42 Å². The monoisotopic (exact) mass is 103 g/mol. The van der Waals surface area contributed by atoms with Crippen molar-refractivity contribution in [2.24, 2.45) is 0 Å². The molecule has 1 N–H and O–H groups in total. The molecule has 0 aromatic heterocycles. The van der Waals surface area contributed by atoms with Gasteiger partial charge >= 0.3 is 0 Å². The fraction of sp³-hybridized carbons (Fsp3) is 0.500. The van der Waals surface area contributed by atoms with E-state index in [0.717, 1.165) is 13.0 Å². The summed E-state index contributed by atoms with van der Waals surface area (Å²) >= 11 is 0. The van der Waals surface area contributed by atoms with Gasteiger partial charge in [-0.1, -0.05) is 15.5 Å². The molecule has 0 saturated carbocycles. The summed E-state index contributed by atoms with van der Waals surface area (Å²) < 4.78 is 0. The van der Waals surface area contributed by atoms with Crippen LogP contribution in [0.25, 0.3) is 0 Å². The first kappa shape index (κ1) is 6.13. The van der Waals surface area contributed by atoms with Crippen molar-refractivity contribution in [2.75, 3.05) is 6.54 Å². The topological polar surface area (TPSA) is 12.0 Å². The largest absolute Gasteiger partial charge is 0.300 e. The van der Waals surface area contributed by atoms with Gasteiger partial charge in [0.2, 0.25) is 0 Å². The number of hydrogen-bond acceptors (Lipinski definition) is 1. The average molecular weight is 103 g/mol. The van der Waals surface area contributed by atoms with Crippen molar-refractivity contribution in [3.8, 4) is 0 Å². The molecule has 0 saturated heterocycles. The molecule has 0 aromatic rings. The Morgan fingerprint density at radius 3 is 2.67 bits per heavy atom. The van der Waals surface area contributed by atoms with Crippen LogP contribution in [0.1, 0.15) is 6.42 Å². The molecule has 0 aliphatic heterocycles. The quantitative estimate of drug-likeness (QED) is 0.318. The van der Waals surface area contributed by atoms with Crippen LogP contribution in [0.3, 0.4) is 0 Å². The highest BCUT2D eigenvalue weighted by atomic mass is 31.0. The van der Waals surface area contributed by atoms with Crippen molar-refractivity contribution in [3.05, 3.63) is 12.7 Å². The zero-order valence-electron chi connectivity index (χ0n) is 3.78. The molecule has 0 spiro atoms. The summed E-state index contributed by atoms with van der Waals surface area (Å²) in [5.41, 5.74) is 0. The van der Waals surface area contributed by atoms with Crippen molar-refractivity contribution in [3.63, 3.8) is 0 Å². The Balaban J connectivity index is 2.49. The smallest absolute Gasteiger partial charge is 0.00201 e. The molecule has 1 nitrogen and oxygen atoms in total. The van der Waals surface area contributed by atoms with Crippen LogP contribution in [0.4, 0.5) is 0 Å². The van der Waals surface area contributed by atoms with Crippen LogP contribution in [0.15, 0.2) is 12.7 Å². The van der Waals surface area contributed by atoms with E-state index >= 15 is 0 Å². The fourth-order valence-electron chi connectivity index (χ4n) is 0.185. The zero-order chi connectivity index (χ0) is 4.83. The maximum absolute atomic E-state index is 3.55. The van der Waals surface area contributed by atoms with Crippen LogP contribution in [-0.4, -0.2) is 6.54 Å². The molecule has 0 aliphatic rings. The summed E-state index contributed by atoms with van der Waals surface area (Å²) in [4.78, 5) is 0. The van der Waals surface area contributed by atoms with E-state index in [9.17, 15) is 0 Å². The first-order valence-corrected chi connectivity index (χ1v) is 2.54. The van der Waals surface area contributed by atoms with E-state index in [0.29, 0.717) is 0 Å². The predicted octanol–water partition coefficient (Wildman–Crippen LogP) is 0.942. The Bertz CT molecular complexity index is 36.5. The van der Waals surface area contributed by atoms with Gasteiger partial charge in [-0.3, -0.25) is 0 Å². The summed E-state index contributed by atoms with van der Waals surface area (Å²) in [6.45, 7) is 4.56. The van der Waals surface area contributed by atoms with Gasteiger partial charge in [-0.2, -0.15) is 0 Å². The summed E-state index contributed by atoms with van der Waals surface area (Å²) in [7, 11) is 2.43. The summed E-state index contributed by atoms with van der Waals surface area (Å²) in [5, 5.41) is 2.91. The standard InChI is InChI=1S/C4H10NP/c1-2-3-4-5-6/h2,5H,1,3-4,6H2. The lowest BCUT2D eigenvalue weighted by Gasteiger charge is -1.86. The minimum absolute atomic E-state index is 1.01. The first-order chi connectivity index (χ1) is 2.91. The molecule has 0 heterocycles. The highest BCUT2D eigenvalue weighted by molar-refractivity contribution is 7.13. The van der Waals surface area contributed by atoms with Gasteiger partial charge in [0, 0.05) is 6.54 Å². The molecule has 1 atom stereocenters. The molecule has 0 aromatic carbocycles. The number of hydrogen-bond donors (Lipinski definition) is 1. The summed E-state index contributed by atoms with van der Waals surface area (Å²) in [5.74, 6) is 0. The molecular weight excluding hydrogens is 93.0 g/mol. The van der Waals surface area contributed by atoms with Crippen LogP contribution < -0.4 is 5.09 Å². The third-order valence-electron chi connectivity index (χ3n) is 0.493. The Morgan fingerprint density at radius 2 is 2.50 bits per heavy atom. The van der Waals surface area contributed by atoms with Crippen LogP contribution in [0.5, 0.6) is 0 Å². The summed E-state index contributed by atoms with van der Waals surface area (Å²) in [6.07, 6.45) is 2.93. The van der Waals surface area contributed by atoms with Crippen molar-refractivity contribution in [1.82, 2.24) is 5.09 Å². The molecule has 0 rings (SSSR count). The second-order valence-electron chi connectivity index (χ2n) is 1.03. The molecule has 1 unspecified atom stereocenters. The van der Waals surface area contributed by atoms with E-state index in [1.807, 2.05) is 6.08 Å². The van der Waals surface area contributed by atoms with Gasteiger partial charge < -0.3 is 5.09 Å². The molecule has 2 heteroatoms. The van der Waals surface area contributed by atoms with Gasteiger partial charge in [0.15, 0.2) is 0 Å². The minimum Gasteiger partial charge on any atom is -0.300 e. The van der Waals surface area contributed by atoms with E-state index in [-0.39, 0.29) is 0 Å². The van der Waals surface area contributed by atoms with Crippen LogP contribution in [-0.2, 0) is 0 Å². The maximum atomic E-state index is 3.55. The van der Waals surface area contributed by atoms with Gasteiger partial charge in [-0.25, -0.2) is 0 Å². The Morgan fingerprint density at radius 1 is 1.83 bits per heavy atom. The first-order valence-electron chi connectivity index (χ1n) is 1.96. The van der Waals surface area contributed by atoms with E-state index < -0.39 is 0 Å². The van der Waals surface area contributed by atoms with Gasteiger partial charge in [-0.05, 0) is 6.42 Å². The molecule has 6 heavy (non-hydrogen) atoms. The average Bonchev–Trinajstić information content (AvgIpc) is 1.61. The summed E-state index contributed by atoms with van der Waals surface area (Å²) in [6, 6.07) is 0. The molecule has 0 amide bonds. The highest BCUT2D eigenvalue weighted by Crippen LogP contribution is 1.75. The molecular formula is C4H10NP. The fourth-order valence-corrected chi connectivity index (χ4v) is 0.352. The van der Waals surface area contributed by atoms with Gasteiger partial charge in [0.05, 0.1) is 0 Å². The van der Waals surface area contributed by atoms with Gasteiger partial charge in [-0.15, -0.1) is 6.58 Å². The lowest BCUT2D eigenvalue weighted by atomic mass is 10.4. The van der Waals surface area contributed by atoms with Crippen LogP contribution >= 0.6 is 9.39 Å². The second kappa shape index (κ2) is 5.13. The highest BCUT2D eigenvalue weighted by Gasteiger charge is 1.68. The molecule has 0 radical (unpaired) electrons. The third-order valence-corrected chi connectivity index (χ3v) is 0.781. The molecule has 0 bridgehead atoms. The van der Waals surface area contributed by atoms with E-state index in [2.05, 4.69) is 21.1 Å². The van der Waals surface area contributed by atoms with Gasteiger partial charge in [0.25, 0.3) is 0 Å². The number of rotatable bonds is 3. The van der Waals surface area contributed by atoms with Gasteiger partial charge in [0.1, 0.15) is 0 Å². The van der Waals surface area contributed by atoms with Crippen molar-refractivity contribution in [1.29, 1.82) is 0 Å². The Hall–Kier alpha value is 0.130. The second-order valence-corrected chi connectivity index (χ2v) is 1.44. The van der Waals surface area contributed by atoms with Crippen molar-refractivity contribution < 1.29 is 0 Å². The predicted molar refractivity (Wildman–Crippen MR) is 32.5 cm³/mol. The Kier molecular flexibility index (Phi) is 5.24. The van der Waals surface area contributed by atoms with Crippen molar-refractivity contribution >= 4 is 9.39 Å². The maximum Gasteiger partial charge on any atom is 0.00201 e. The Labute approximate surface area is 41.1 Å². The zero-order valence-corrected chi connectivity index (χ0v) is 4.93. The SMILES string of the molecule is C=CCCNP. The number of nitrogens with one attached hydrogen (secondary N) is 1. The van der Waals surface area contributed by atoms with E-state index in [1.165, 1.54) is 0 Å². The minimum atomic E-state index is 1.01.